The van der Waals surface area contributed by atoms with Crippen molar-refractivity contribution < 1.29 is 0 Å². The first-order valence-corrected chi connectivity index (χ1v) is 7.64. The molecule has 24 heavy (non-hydrogen) atoms. The number of nitrogens with zero attached hydrogens (tertiary/aromatic N) is 4. The van der Waals surface area contributed by atoms with Crippen molar-refractivity contribution in [3.05, 3.63) is 85.6 Å². The SMILES string of the molecule is c1ccc(-c2cc(-c3ccncc3)cc(-c3ccncc3)n2)nc1. The molecule has 0 aliphatic carbocycles. The predicted molar refractivity (Wildman–Crippen MR) is 93.9 cm³/mol. The Morgan fingerprint density at radius 2 is 1.17 bits per heavy atom. The van der Waals surface area contributed by atoms with Crippen LogP contribution in [0.3, 0.4) is 0 Å². The smallest absolute Gasteiger partial charge is 0.0899 e. The van der Waals surface area contributed by atoms with E-state index >= 15 is 0 Å². The lowest BCUT2D eigenvalue weighted by Gasteiger charge is -2.09. The second-order valence-corrected chi connectivity index (χ2v) is 5.31. The fraction of sp³-hybridized carbons (Fsp3) is 0. The molecule has 0 unspecified atom stereocenters. The van der Waals surface area contributed by atoms with Gasteiger partial charge in [-0.2, -0.15) is 0 Å². The van der Waals surface area contributed by atoms with Crippen LogP contribution in [-0.4, -0.2) is 19.9 Å². The van der Waals surface area contributed by atoms with E-state index < -0.39 is 0 Å². The minimum Gasteiger partial charge on any atom is -0.265 e. The summed E-state index contributed by atoms with van der Waals surface area (Å²) in [6.45, 7) is 0. The van der Waals surface area contributed by atoms with E-state index in [-0.39, 0.29) is 0 Å². The van der Waals surface area contributed by atoms with Crippen LogP contribution in [0, 0.1) is 0 Å². The van der Waals surface area contributed by atoms with E-state index in [2.05, 4.69) is 27.1 Å². The van der Waals surface area contributed by atoms with Crippen LogP contribution in [-0.2, 0) is 0 Å². The van der Waals surface area contributed by atoms with E-state index in [0.29, 0.717) is 0 Å². The van der Waals surface area contributed by atoms with Crippen molar-refractivity contribution in [1.29, 1.82) is 0 Å². The molecule has 0 amide bonds. The average molecular weight is 310 g/mol. The molecule has 0 aromatic carbocycles. The molecule has 0 saturated carbocycles. The van der Waals surface area contributed by atoms with Crippen molar-refractivity contribution in [2.75, 3.05) is 0 Å². The molecule has 114 valence electrons. The maximum atomic E-state index is 4.79. The monoisotopic (exact) mass is 310 g/mol. The van der Waals surface area contributed by atoms with E-state index in [0.717, 1.165) is 33.8 Å². The summed E-state index contributed by atoms with van der Waals surface area (Å²) in [5, 5.41) is 0. The van der Waals surface area contributed by atoms with Crippen LogP contribution >= 0.6 is 0 Å². The summed E-state index contributed by atoms with van der Waals surface area (Å²) in [6.07, 6.45) is 8.92. The zero-order chi connectivity index (χ0) is 16.2. The van der Waals surface area contributed by atoms with Crippen molar-refractivity contribution in [3.63, 3.8) is 0 Å². The summed E-state index contributed by atoms with van der Waals surface area (Å²) < 4.78 is 0. The second kappa shape index (κ2) is 6.38. The quantitative estimate of drug-likeness (QED) is 0.567. The fourth-order valence-electron chi connectivity index (χ4n) is 2.56. The summed E-state index contributed by atoms with van der Waals surface area (Å²) in [4.78, 5) is 17.4. The first kappa shape index (κ1) is 14.2. The third kappa shape index (κ3) is 2.90. The zero-order valence-corrected chi connectivity index (χ0v) is 12.9. The van der Waals surface area contributed by atoms with Crippen molar-refractivity contribution in [2.24, 2.45) is 0 Å². The van der Waals surface area contributed by atoms with Crippen LogP contribution in [0.4, 0.5) is 0 Å². The number of hydrogen-bond donors (Lipinski definition) is 0. The Bertz CT molecular complexity index is 799. The minimum absolute atomic E-state index is 0.844. The van der Waals surface area contributed by atoms with Gasteiger partial charge in [0, 0.05) is 36.5 Å². The molecule has 0 spiro atoms. The molecule has 0 fully saturated rings. The molecular formula is C20H14N4. The highest BCUT2D eigenvalue weighted by atomic mass is 14.8. The highest BCUT2D eigenvalue weighted by Gasteiger charge is 2.09. The van der Waals surface area contributed by atoms with Gasteiger partial charge in [0.2, 0.25) is 0 Å². The molecule has 4 aromatic rings. The van der Waals surface area contributed by atoms with Crippen LogP contribution in [0.2, 0.25) is 0 Å². The lowest BCUT2D eigenvalue weighted by molar-refractivity contribution is 1.24. The summed E-state index contributed by atoms with van der Waals surface area (Å²) in [5.74, 6) is 0. The van der Waals surface area contributed by atoms with Crippen LogP contribution in [0.15, 0.2) is 85.6 Å². The van der Waals surface area contributed by atoms with Gasteiger partial charge in [-0.3, -0.25) is 15.0 Å². The third-order valence-electron chi connectivity index (χ3n) is 3.74. The first-order valence-electron chi connectivity index (χ1n) is 7.64. The number of rotatable bonds is 3. The standard InChI is InChI=1S/C20H14N4/c1-2-8-23-18(3-1)20-14-17(15-4-9-21-10-5-15)13-19(24-20)16-6-11-22-12-7-16/h1-14H. The average Bonchev–Trinajstić information content (AvgIpc) is 2.70. The maximum Gasteiger partial charge on any atom is 0.0899 e. The van der Waals surface area contributed by atoms with E-state index in [1.165, 1.54) is 0 Å². The van der Waals surface area contributed by atoms with Gasteiger partial charge in [-0.15, -0.1) is 0 Å². The van der Waals surface area contributed by atoms with Gasteiger partial charge < -0.3 is 0 Å². The topological polar surface area (TPSA) is 51.6 Å². The number of pyridine rings is 4. The van der Waals surface area contributed by atoms with Gasteiger partial charge >= 0.3 is 0 Å². The molecular weight excluding hydrogens is 296 g/mol. The molecule has 4 nitrogen and oxygen atoms in total. The number of aromatic nitrogens is 4. The first-order chi connectivity index (χ1) is 11.9. The largest absolute Gasteiger partial charge is 0.265 e. The van der Waals surface area contributed by atoms with Crippen molar-refractivity contribution in [3.8, 4) is 33.8 Å². The van der Waals surface area contributed by atoms with Gasteiger partial charge in [-0.1, -0.05) is 6.07 Å². The Labute approximate surface area is 139 Å². The predicted octanol–water partition coefficient (Wildman–Crippen LogP) is 4.27. The molecule has 0 N–H and O–H groups in total. The summed E-state index contributed by atoms with van der Waals surface area (Å²) >= 11 is 0. The molecule has 0 bridgehead atoms. The van der Waals surface area contributed by atoms with Crippen molar-refractivity contribution >= 4 is 0 Å². The molecule has 4 heteroatoms. The minimum atomic E-state index is 0.844. The van der Waals surface area contributed by atoms with Crippen LogP contribution in [0.25, 0.3) is 33.8 Å². The molecule has 0 atom stereocenters. The van der Waals surface area contributed by atoms with Crippen molar-refractivity contribution in [2.45, 2.75) is 0 Å². The van der Waals surface area contributed by atoms with Gasteiger partial charge in [0.05, 0.1) is 17.1 Å². The third-order valence-corrected chi connectivity index (χ3v) is 3.74. The van der Waals surface area contributed by atoms with Gasteiger partial charge in [-0.05, 0) is 59.7 Å². The van der Waals surface area contributed by atoms with Crippen molar-refractivity contribution in [1.82, 2.24) is 19.9 Å². The lowest BCUT2D eigenvalue weighted by Crippen LogP contribution is -1.92. The number of hydrogen-bond acceptors (Lipinski definition) is 4. The molecule has 0 aliphatic heterocycles. The van der Waals surface area contributed by atoms with Gasteiger partial charge in [-0.25, -0.2) is 4.98 Å². The van der Waals surface area contributed by atoms with E-state index in [9.17, 15) is 0 Å². The summed E-state index contributed by atoms with van der Waals surface area (Å²) in [6, 6.07) is 17.9. The van der Waals surface area contributed by atoms with Crippen LogP contribution in [0.5, 0.6) is 0 Å². The molecule has 4 aromatic heterocycles. The highest BCUT2D eigenvalue weighted by molar-refractivity contribution is 5.75. The van der Waals surface area contributed by atoms with E-state index in [4.69, 9.17) is 4.98 Å². The molecule has 0 radical (unpaired) electrons. The molecule has 4 heterocycles. The molecule has 4 rings (SSSR count). The Balaban J connectivity index is 1.92. The van der Waals surface area contributed by atoms with Gasteiger partial charge in [0.1, 0.15) is 0 Å². The summed E-state index contributed by atoms with van der Waals surface area (Å²) in [5.41, 5.74) is 5.80. The summed E-state index contributed by atoms with van der Waals surface area (Å²) in [7, 11) is 0. The second-order valence-electron chi connectivity index (χ2n) is 5.31. The van der Waals surface area contributed by atoms with E-state index in [1.54, 1.807) is 31.0 Å². The Hall–Kier alpha value is -3.40. The lowest BCUT2D eigenvalue weighted by atomic mass is 10.0. The molecule has 0 aliphatic rings. The Kier molecular flexibility index (Phi) is 3.78. The zero-order valence-electron chi connectivity index (χ0n) is 12.9. The molecule has 0 saturated heterocycles. The van der Waals surface area contributed by atoms with Gasteiger partial charge in [0.25, 0.3) is 0 Å². The normalized spacial score (nSPS) is 10.5. The van der Waals surface area contributed by atoms with Crippen LogP contribution < -0.4 is 0 Å². The van der Waals surface area contributed by atoms with Crippen LogP contribution in [0.1, 0.15) is 0 Å². The fourth-order valence-corrected chi connectivity index (χ4v) is 2.56. The maximum absolute atomic E-state index is 4.79. The highest BCUT2D eigenvalue weighted by Crippen LogP contribution is 2.28. The Morgan fingerprint density at radius 1 is 0.500 bits per heavy atom. The van der Waals surface area contributed by atoms with E-state index in [1.807, 2.05) is 42.5 Å². The van der Waals surface area contributed by atoms with Gasteiger partial charge in [0.15, 0.2) is 0 Å². The Morgan fingerprint density at radius 3 is 1.83 bits per heavy atom.